The fourth-order valence-electron chi connectivity index (χ4n) is 3.68. The molecule has 0 N–H and O–H groups in total. The SMILES string of the molecule is CCN(CC)c1ccc(/C=C/C(=O)c2cc3ccc(OCCOCCOCCOC)cc3oc2=O)cc1. The molecule has 8 heteroatoms. The van der Waals surface area contributed by atoms with Crippen LogP contribution in [0.3, 0.4) is 0 Å². The maximum absolute atomic E-state index is 12.7. The zero-order valence-corrected chi connectivity index (χ0v) is 21.7. The minimum Gasteiger partial charge on any atom is -0.491 e. The highest BCUT2D eigenvalue weighted by Crippen LogP contribution is 2.21. The molecule has 1 heterocycles. The van der Waals surface area contributed by atoms with Gasteiger partial charge in [-0.05, 0) is 55.8 Å². The number of hydrogen-bond donors (Lipinski definition) is 0. The third kappa shape index (κ3) is 8.56. The molecule has 198 valence electrons. The Morgan fingerprint density at radius 3 is 2.24 bits per heavy atom. The summed E-state index contributed by atoms with van der Waals surface area (Å²) in [6.07, 6.45) is 3.09. The zero-order chi connectivity index (χ0) is 26.5. The van der Waals surface area contributed by atoms with Gasteiger partial charge in [-0.1, -0.05) is 18.2 Å². The number of rotatable bonds is 16. The first-order chi connectivity index (χ1) is 18.0. The summed E-state index contributed by atoms with van der Waals surface area (Å²) in [6, 6.07) is 14.6. The van der Waals surface area contributed by atoms with Crippen LogP contribution in [0.2, 0.25) is 0 Å². The fourth-order valence-corrected chi connectivity index (χ4v) is 3.68. The van der Waals surface area contributed by atoms with Gasteiger partial charge >= 0.3 is 5.63 Å². The van der Waals surface area contributed by atoms with Crippen molar-refractivity contribution in [2.45, 2.75) is 13.8 Å². The van der Waals surface area contributed by atoms with Gasteiger partial charge in [0.2, 0.25) is 0 Å². The van der Waals surface area contributed by atoms with Gasteiger partial charge in [-0.2, -0.15) is 0 Å². The van der Waals surface area contributed by atoms with Crippen LogP contribution in [0.25, 0.3) is 17.0 Å². The Morgan fingerprint density at radius 2 is 1.57 bits per heavy atom. The van der Waals surface area contributed by atoms with Crippen molar-refractivity contribution in [3.63, 3.8) is 0 Å². The molecule has 8 nitrogen and oxygen atoms in total. The van der Waals surface area contributed by atoms with E-state index in [4.69, 9.17) is 23.4 Å². The van der Waals surface area contributed by atoms with E-state index in [1.807, 2.05) is 24.3 Å². The average molecular weight is 510 g/mol. The van der Waals surface area contributed by atoms with Gasteiger partial charge in [-0.3, -0.25) is 4.79 Å². The predicted octanol–water partition coefficient (Wildman–Crippen LogP) is 4.59. The molecular weight excluding hydrogens is 474 g/mol. The lowest BCUT2D eigenvalue weighted by Gasteiger charge is -2.20. The van der Waals surface area contributed by atoms with Crippen molar-refractivity contribution >= 4 is 28.5 Å². The summed E-state index contributed by atoms with van der Waals surface area (Å²) in [6.45, 7) is 8.85. The number of anilines is 1. The number of methoxy groups -OCH3 is 1. The van der Waals surface area contributed by atoms with Gasteiger partial charge in [0.15, 0.2) is 5.78 Å². The number of nitrogens with zero attached hydrogens (tertiary/aromatic N) is 1. The minimum atomic E-state index is -0.687. The molecular formula is C29H35NO7. The van der Waals surface area contributed by atoms with Gasteiger partial charge in [-0.25, -0.2) is 4.79 Å². The molecule has 0 spiro atoms. The summed E-state index contributed by atoms with van der Waals surface area (Å²) in [4.78, 5) is 27.5. The lowest BCUT2D eigenvalue weighted by molar-refractivity contribution is 0.0180. The number of carbonyl (C=O) groups excluding carboxylic acids is 1. The van der Waals surface area contributed by atoms with E-state index in [0.717, 1.165) is 24.3 Å². The van der Waals surface area contributed by atoms with Crippen molar-refractivity contribution in [3.05, 3.63) is 76.2 Å². The van der Waals surface area contributed by atoms with E-state index < -0.39 is 11.4 Å². The second-order valence-corrected chi connectivity index (χ2v) is 8.17. The van der Waals surface area contributed by atoms with Crippen LogP contribution in [-0.4, -0.2) is 65.6 Å². The normalized spacial score (nSPS) is 11.3. The molecule has 3 aromatic rings. The topological polar surface area (TPSA) is 87.4 Å². The van der Waals surface area contributed by atoms with Crippen LogP contribution < -0.4 is 15.3 Å². The average Bonchev–Trinajstić information content (AvgIpc) is 2.91. The molecule has 0 aliphatic rings. The Labute approximate surface area is 217 Å². The van der Waals surface area contributed by atoms with Gasteiger partial charge in [0.1, 0.15) is 23.5 Å². The first-order valence-corrected chi connectivity index (χ1v) is 12.5. The summed E-state index contributed by atoms with van der Waals surface area (Å²) in [5.74, 6) is 0.134. The Morgan fingerprint density at radius 1 is 0.892 bits per heavy atom. The molecule has 0 saturated carbocycles. The first kappa shape index (κ1) is 28.1. The quantitative estimate of drug-likeness (QED) is 0.120. The van der Waals surface area contributed by atoms with Crippen LogP contribution in [0.1, 0.15) is 29.8 Å². The van der Waals surface area contributed by atoms with Crippen LogP contribution >= 0.6 is 0 Å². The Balaban J connectivity index is 1.55. The van der Waals surface area contributed by atoms with Crippen LogP contribution in [0, 0.1) is 0 Å². The molecule has 0 radical (unpaired) electrons. The highest BCUT2D eigenvalue weighted by atomic mass is 16.6. The monoisotopic (exact) mass is 509 g/mol. The molecule has 3 rings (SSSR count). The van der Waals surface area contributed by atoms with Crippen molar-refractivity contribution in [2.75, 3.05) is 64.7 Å². The highest BCUT2D eigenvalue weighted by molar-refractivity contribution is 6.07. The predicted molar refractivity (Wildman–Crippen MR) is 145 cm³/mol. The number of hydrogen-bond acceptors (Lipinski definition) is 8. The lowest BCUT2D eigenvalue weighted by Crippen LogP contribution is -2.21. The molecule has 0 fully saturated rings. The fraction of sp³-hybridized carbons (Fsp3) is 0.379. The summed E-state index contributed by atoms with van der Waals surface area (Å²) >= 11 is 0. The van der Waals surface area contributed by atoms with Gasteiger partial charge in [0.25, 0.3) is 0 Å². The largest absolute Gasteiger partial charge is 0.491 e. The van der Waals surface area contributed by atoms with Crippen LogP contribution in [-0.2, 0) is 14.2 Å². The maximum Gasteiger partial charge on any atom is 0.347 e. The van der Waals surface area contributed by atoms with E-state index in [2.05, 4.69) is 18.7 Å². The summed E-state index contributed by atoms with van der Waals surface area (Å²) < 4.78 is 26.8. The summed E-state index contributed by atoms with van der Waals surface area (Å²) in [5, 5.41) is 0.636. The van der Waals surface area contributed by atoms with Crippen LogP contribution in [0.4, 0.5) is 5.69 Å². The van der Waals surface area contributed by atoms with Gasteiger partial charge < -0.3 is 28.3 Å². The smallest absolute Gasteiger partial charge is 0.347 e. The van der Waals surface area contributed by atoms with Crippen molar-refractivity contribution in [3.8, 4) is 5.75 Å². The minimum absolute atomic E-state index is 0.0155. The Bertz CT molecular complexity index is 1210. The van der Waals surface area contributed by atoms with Crippen molar-refractivity contribution in [2.24, 2.45) is 0 Å². The van der Waals surface area contributed by atoms with Crippen LogP contribution in [0.5, 0.6) is 5.75 Å². The van der Waals surface area contributed by atoms with E-state index in [-0.39, 0.29) is 5.56 Å². The molecule has 37 heavy (non-hydrogen) atoms. The van der Waals surface area contributed by atoms with Crippen molar-refractivity contribution in [1.82, 2.24) is 0 Å². The molecule has 0 aliphatic carbocycles. The van der Waals surface area contributed by atoms with Gasteiger partial charge in [0.05, 0.1) is 33.0 Å². The third-order valence-corrected chi connectivity index (χ3v) is 5.72. The zero-order valence-electron chi connectivity index (χ0n) is 21.7. The standard InChI is InChI=1S/C29H35NO7/c1-4-30(5-2)24-10-6-22(7-11-24)8-13-27(31)26-20-23-9-12-25(21-28(23)37-29(26)32)36-19-18-35-17-16-34-15-14-33-3/h6-13,20-21H,4-5,14-19H2,1-3H3/b13-8+. The molecule has 0 saturated heterocycles. The third-order valence-electron chi connectivity index (χ3n) is 5.72. The number of benzene rings is 2. The lowest BCUT2D eigenvalue weighted by atomic mass is 10.1. The van der Waals surface area contributed by atoms with E-state index in [1.54, 1.807) is 37.5 Å². The second-order valence-electron chi connectivity index (χ2n) is 8.17. The Kier molecular flexibility index (Phi) is 11.4. The molecule has 0 unspecified atom stereocenters. The van der Waals surface area contributed by atoms with E-state index in [1.165, 1.54) is 6.08 Å². The van der Waals surface area contributed by atoms with E-state index >= 15 is 0 Å². The number of fused-ring (bicyclic) bond motifs is 1. The van der Waals surface area contributed by atoms with Crippen molar-refractivity contribution < 1.29 is 28.2 Å². The summed E-state index contributed by atoms with van der Waals surface area (Å²) in [7, 11) is 1.63. The van der Waals surface area contributed by atoms with Crippen molar-refractivity contribution in [1.29, 1.82) is 0 Å². The number of ether oxygens (including phenoxy) is 4. The van der Waals surface area contributed by atoms with Gasteiger partial charge in [0, 0.05) is 37.3 Å². The number of allylic oxidation sites excluding steroid dienone is 1. The number of ketones is 1. The van der Waals surface area contributed by atoms with Crippen LogP contribution in [0.15, 0.2) is 63.8 Å². The van der Waals surface area contributed by atoms with E-state index in [0.29, 0.717) is 56.4 Å². The highest BCUT2D eigenvalue weighted by Gasteiger charge is 2.12. The molecule has 0 atom stereocenters. The molecule has 1 aromatic heterocycles. The summed E-state index contributed by atoms with van der Waals surface area (Å²) in [5.41, 5.74) is 1.65. The molecule has 0 amide bonds. The van der Waals surface area contributed by atoms with Gasteiger partial charge in [-0.15, -0.1) is 0 Å². The number of carbonyl (C=O) groups is 1. The maximum atomic E-state index is 12.7. The molecule has 2 aromatic carbocycles. The Hall–Kier alpha value is -3.46. The first-order valence-electron chi connectivity index (χ1n) is 12.5. The second kappa shape index (κ2) is 14.9. The molecule has 0 aliphatic heterocycles. The molecule has 0 bridgehead atoms. The van der Waals surface area contributed by atoms with E-state index in [9.17, 15) is 9.59 Å².